The van der Waals surface area contributed by atoms with E-state index in [0.717, 1.165) is 0 Å². The largest absolute Gasteiger partial charge is 0.494 e. The van der Waals surface area contributed by atoms with Gasteiger partial charge in [-0.3, -0.25) is 19.7 Å². The highest BCUT2D eigenvalue weighted by Gasteiger charge is 2.38. The molecule has 0 unspecified atom stereocenters. The minimum atomic E-state index is -0.586. The van der Waals surface area contributed by atoms with Crippen LogP contribution in [0.15, 0.2) is 48.5 Å². The highest BCUT2D eigenvalue weighted by molar-refractivity contribution is 6.30. The average Bonchev–Trinajstić information content (AvgIpc) is 2.91. The van der Waals surface area contributed by atoms with Crippen molar-refractivity contribution in [1.82, 2.24) is 4.57 Å². The summed E-state index contributed by atoms with van der Waals surface area (Å²) in [5, 5.41) is 22.0. The number of carbonyl (C=O) groups is 2. The molecule has 0 bridgehead atoms. The average molecular weight is 348 g/mol. The highest BCUT2D eigenvalue weighted by atomic mass is 16.6. The molecule has 26 heavy (non-hydrogen) atoms. The molecule has 7 nitrogen and oxygen atoms in total. The summed E-state index contributed by atoms with van der Waals surface area (Å²) in [7, 11) is 1.45. The molecule has 0 radical (unpaired) electrons. The maximum absolute atomic E-state index is 13.0. The quantitative estimate of drug-likeness (QED) is 0.443. The molecule has 1 aliphatic carbocycles. The lowest BCUT2D eigenvalue weighted by Crippen LogP contribution is -2.22. The number of fused-ring (bicyclic) bond motifs is 2. The van der Waals surface area contributed by atoms with Gasteiger partial charge in [-0.15, -0.1) is 0 Å². The molecule has 7 heteroatoms. The number of nitrogens with zero attached hydrogens (tertiary/aromatic N) is 2. The fourth-order valence-corrected chi connectivity index (χ4v) is 3.40. The molecule has 2 aromatic carbocycles. The third kappa shape index (κ3) is 1.94. The fraction of sp³-hybridized carbons (Fsp3) is 0.0526. The van der Waals surface area contributed by atoms with Crippen LogP contribution in [0.2, 0.25) is 0 Å². The summed E-state index contributed by atoms with van der Waals surface area (Å²) in [5.74, 6) is -1.21. The van der Waals surface area contributed by atoms with Crippen LogP contribution in [0.4, 0.5) is 5.69 Å². The smallest absolute Gasteiger partial charge is 0.277 e. The second-order valence-corrected chi connectivity index (χ2v) is 5.96. The zero-order chi connectivity index (χ0) is 18.6. The van der Waals surface area contributed by atoms with Gasteiger partial charge in [0.15, 0.2) is 11.7 Å². The zero-order valence-corrected chi connectivity index (χ0v) is 13.6. The number of aromatic nitrogens is 1. The molecule has 3 aromatic rings. The van der Waals surface area contributed by atoms with Gasteiger partial charge in [0.05, 0.1) is 21.6 Å². The van der Waals surface area contributed by atoms with Crippen molar-refractivity contribution in [3.05, 3.63) is 81.0 Å². The van der Waals surface area contributed by atoms with Crippen molar-refractivity contribution in [2.45, 2.75) is 0 Å². The maximum atomic E-state index is 13.0. The van der Waals surface area contributed by atoms with E-state index in [1.54, 1.807) is 24.3 Å². The van der Waals surface area contributed by atoms with Crippen LogP contribution in [0, 0.1) is 10.1 Å². The van der Waals surface area contributed by atoms with Crippen molar-refractivity contribution in [3.63, 3.8) is 0 Å². The number of ketones is 2. The lowest BCUT2D eigenvalue weighted by Gasteiger charge is -2.16. The van der Waals surface area contributed by atoms with Crippen molar-refractivity contribution in [3.8, 4) is 17.0 Å². The summed E-state index contributed by atoms with van der Waals surface area (Å²) < 4.78 is 1.21. The van der Waals surface area contributed by atoms with E-state index >= 15 is 0 Å². The fourth-order valence-electron chi connectivity index (χ4n) is 3.40. The van der Waals surface area contributed by atoms with Gasteiger partial charge in [-0.05, 0) is 6.07 Å². The number of benzene rings is 2. The van der Waals surface area contributed by atoms with E-state index in [4.69, 9.17) is 0 Å². The number of nitro groups is 1. The van der Waals surface area contributed by atoms with Crippen LogP contribution in [0.5, 0.6) is 5.88 Å². The topological polar surface area (TPSA) is 102 Å². The molecule has 1 aliphatic rings. The zero-order valence-electron chi connectivity index (χ0n) is 13.6. The van der Waals surface area contributed by atoms with Crippen molar-refractivity contribution in [2.75, 3.05) is 0 Å². The Kier molecular flexibility index (Phi) is 3.27. The van der Waals surface area contributed by atoms with E-state index in [1.807, 2.05) is 0 Å². The van der Waals surface area contributed by atoms with Crippen LogP contribution in [0.25, 0.3) is 11.1 Å². The van der Waals surface area contributed by atoms with Gasteiger partial charge in [0.2, 0.25) is 5.78 Å². The Balaban J connectivity index is 2.10. The molecule has 128 valence electrons. The van der Waals surface area contributed by atoms with Crippen LogP contribution in [-0.2, 0) is 7.05 Å². The minimum Gasteiger partial charge on any atom is -0.494 e. The van der Waals surface area contributed by atoms with Gasteiger partial charge in [0, 0.05) is 24.2 Å². The predicted molar refractivity (Wildman–Crippen MR) is 92.5 cm³/mol. The van der Waals surface area contributed by atoms with Crippen LogP contribution in [0.3, 0.4) is 0 Å². The number of rotatable bonds is 2. The first-order valence-corrected chi connectivity index (χ1v) is 7.77. The molecule has 0 saturated heterocycles. The standard InChI is InChI=1S/C19H12N2O5/c1-20-16-15(17(22)10-6-2-3-7-11(10)18(16)23)14(19(20)24)12-8-4-5-9-13(12)21(25)26/h2-9,24H,1H3. The van der Waals surface area contributed by atoms with Crippen molar-refractivity contribution in [2.24, 2.45) is 7.05 Å². The highest BCUT2D eigenvalue weighted by Crippen LogP contribution is 2.44. The molecule has 0 spiro atoms. The lowest BCUT2D eigenvalue weighted by atomic mass is 9.85. The third-order valence-electron chi connectivity index (χ3n) is 4.59. The summed E-state index contributed by atoms with van der Waals surface area (Å²) in [6.07, 6.45) is 0. The molecule has 0 fully saturated rings. The third-order valence-corrected chi connectivity index (χ3v) is 4.59. The Morgan fingerprint density at radius 3 is 2.04 bits per heavy atom. The van der Waals surface area contributed by atoms with Gasteiger partial charge >= 0.3 is 0 Å². The number of nitro benzene ring substituents is 1. The Labute approximate surface area is 147 Å². The minimum absolute atomic E-state index is 0.00246. The molecule has 4 rings (SSSR count). The molecule has 1 N–H and O–H groups in total. The number of hydrogen-bond donors (Lipinski definition) is 1. The molecule has 0 saturated carbocycles. The van der Waals surface area contributed by atoms with E-state index in [2.05, 4.69) is 0 Å². The van der Waals surface area contributed by atoms with Crippen LogP contribution in [-0.4, -0.2) is 26.2 Å². The van der Waals surface area contributed by atoms with Gasteiger partial charge in [0.1, 0.15) is 5.69 Å². The van der Waals surface area contributed by atoms with Crippen LogP contribution >= 0.6 is 0 Å². The number of para-hydroxylation sites is 1. The Bertz CT molecular complexity index is 1130. The van der Waals surface area contributed by atoms with Crippen molar-refractivity contribution in [1.29, 1.82) is 0 Å². The first kappa shape index (κ1) is 15.8. The molecular weight excluding hydrogens is 336 g/mol. The molecule has 0 atom stereocenters. The monoisotopic (exact) mass is 348 g/mol. The Morgan fingerprint density at radius 2 is 1.42 bits per heavy atom. The molecular formula is C19H12N2O5. The van der Waals surface area contributed by atoms with Crippen molar-refractivity contribution >= 4 is 17.3 Å². The predicted octanol–water partition coefficient (Wildman–Crippen LogP) is 3.08. The molecule has 1 heterocycles. The van der Waals surface area contributed by atoms with Gasteiger partial charge in [0.25, 0.3) is 5.69 Å². The summed E-state index contributed by atoms with van der Waals surface area (Å²) >= 11 is 0. The van der Waals surface area contributed by atoms with Gasteiger partial charge in [-0.25, -0.2) is 0 Å². The SMILES string of the molecule is Cn1c(O)c(-c2ccccc2[N+](=O)[O-])c2c1C(=O)c1ccccc1C2=O. The normalized spacial score (nSPS) is 12.7. The van der Waals surface area contributed by atoms with E-state index < -0.39 is 16.5 Å². The number of carbonyl (C=O) groups excluding carboxylic acids is 2. The number of hydrogen-bond acceptors (Lipinski definition) is 5. The van der Waals surface area contributed by atoms with E-state index in [1.165, 1.54) is 35.9 Å². The Hall–Kier alpha value is -3.74. The molecule has 1 aromatic heterocycles. The first-order valence-electron chi connectivity index (χ1n) is 7.77. The van der Waals surface area contributed by atoms with Crippen LogP contribution in [0.1, 0.15) is 32.0 Å². The lowest BCUT2D eigenvalue weighted by molar-refractivity contribution is -0.384. The maximum Gasteiger partial charge on any atom is 0.277 e. The summed E-state index contributed by atoms with van der Waals surface area (Å²) in [5.41, 5.74) is 0.322. The summed E-state index contributed by atoms with van der Waals surface area (Å²) in [6, 6.07) is 12.2. The van der Waals surface area contributed by atoms with Gasteiger partial charge in [-0.2, -0.15) is 0 Å². The van der Waals surface area contributed by atoms with Crippen LogP contribution < -0.4 is 0 Å². The molecule has 0 amide bonds. The summed E-state index contributed by atoms with van der Waals surface area (Å²) in [6.45, 7) is 0. The van der Waals surface area contributed by atoms with E-state index in [0.29, 0.717) is 0 Å². The number of aromatic hydroxyl groups is 1. The van der Waals surface area contributed by atoms with E-state index in [-0.39, 0.29) is 45.1 Å². The molecule has 0 aliphatic heterocycles. The van der Waals surface area contributed by atoms with E-state index in [9.17, 15) is 24.8 Å². The summed E-state index contributed by atoms with van der Waals surface area (Å²) in [4.78, 5) is 36.7. The van der Waals surface area contributed by atoms with Crippen molar-refractivity contribution < 1.29 is 19.6 Å². The second kappa shape index (κ2) is 5.38. The first-order chi connectivity index (χ1) is 12.4. The van der Waals surface area contributed by atoms with Gasteiger partial charge in [-0.1, -0.05) is 36.4 Å². The Morgan fingerprint density at radius 1 is 0.885 bits per heavy atom. The van der Waals surface area contributed by atoms with Gasteiger partial charge < -0.3 is 9.67 Å². The second-order valence-electron chi connectivity index (χ2n) is 5.96.